The molecule has 114 valence electrons. The molecule has 0 fully saturated rings. The summed E-state index contributed by atoms with van der Waals surface area (Å²) in [6, 6.07) is 13.8. The normalized spacial score (nSPS) is 12.5. The van der Waals surface area contributed by atoms with Crippen LogP contribution in [0.2, 0.25) is 0 Å². The lowest BCUT2D eigenvalue weighted by atomic mass is 10.0. The minimum absolute atomic E-state index is 0.340. The number of aromatic amines is 1. The zero-order valence-electron chi connectivity index (χ0n) is 12.0. The maximum atomic E-state index is 10.7. The number of nitrogens with one attached hydrogen (secondary N) is 2. The first-order valence-electron chi connectivity index (χ1n) is 6.76. The highest BCUT2D eigenvalue weighted by Crippen LogP contribution is 2.31. The molecular weight excluding hydrogens is 300 g/mol. The Bertz CT molecular complexity index is 829. The summed E-state index contributed by atoms with van der Waals surface area (Å²) < 4.78 is 27.2. The van der Waals surface area contributed by atoms with Crippen LogP contribution in [0.5, 0.6) is 5.75 Å². The number of fused-ring (bicyclic) bond motifs is 1. The third-order valence-electron chi connectivity index (χ3n) is 3.53. The van der Waals surface area contributed by atoms with Crippen molar-refractivity contribution >= 4 is 22.2 Å². The molecule has 0 spiro atoms. The molecular formula is C16H16N2O3S. The zero-order valence-corrected chi connectivity index (χ0v) is 12.8. The Morgan fingerprint density at radius 1 is 1.27 bits per heavy atom. The second-order valence-electron chi connectivity index (χ2n) is 4.88. The van der Waals surface area contributed by atoms with E-state index in [1.54, 1.807) is 7.11 Å². The number of hydrogen-bond acceptors (Lipinski definition) is 2. The fourth-order valence-electron chi connectivity index (χ4n) is 2.47. The van der Waals surface area contributed by atoms with E-state index < -0.39 is 11.3 Å². The van der Waals surface area contributed by atoms with E-state index >= 15 is 0 Å². The third-order valence-corrected chi connectivity index (χ3v) is 3.92. The van der Waals surface area contributed by atoms with Gasteiger partial charge in [-0.1, -0.05) is 18.2 Å². The van der Waals surface area contributed by atoms with Crippen LogP contribution in [0.4, 0.5) is 0 Å². The van der Waals surface area contributed by atoms with Crippen molar-refractivity contribution in [1.29, 1.82) is 0 Å². The minimum atomic E-state index is -2.01. The van der Waals surface area contributed by atoms with E-state index in [4.69, 9.17) is 9.29 Å². The second kappa shape index (κ2) is 6.31. The molecule has 6 heteroatoms. The van der Waals surface area contributed by atoms with Crippen LogP contribution < -0.4 is 9.46 Å². The van der Waals surface area contributed by atoms with Crippen molar-refractivity contribution in [3.8, 4) is 16.9 Å². The number of aromatic nitrogens is 1. The van der Waals surface area contributed by atoms with Crippen molar-refractivity contribution in [2.75, 3.05) is 7.11 Å². The molecule has 1 atom stereocenters. The average Bonchev–Trinajstić information content (AvgIpc) is 2.96. The van der Waals surface area contributed by atoms with E-state index in [2.05, 4.69) is 9.71 Å². The van der Waals surface area contributed by atoms with Gasteiger partial charge in [0.05, 0.1) is 7.11 Å². The van der Waals surface area contributed by atoms with Crippen LogP contribution in [-0.4, -0.2) is 20.9 Å². The Labute approximate surface area is 130 Å². The molecule has 5 nitrogen and oxygen atoms in total. The van der Waals surface area contributed by atoms with Gasteiger partial charge in [0, 0.05) is 35.3 Å². The molecule has 0 amide bonds. The summed E-state index contributed by atoms with van der Waals surface area (Å²) in [5.41, 5.74) is 4.10. The summed E-state index contributed by atoms with van der Waals surface area (Å²) in [5.74, 6) is 0.810. The zero-order chi connectivity index (χ0) is 15.5. The van der Waals surface area contributed by atoms with Crippen LogP contribution in [0, 0.1) is 0 Å². The molecule has 3 aromatic rings. The number of benzene rings is 2. The fourth-order valence-corrected chi connectivity index (χ4v) is 2.76. The van der Waals surface area contributed by atoms with E-state index in [1.165, 1.54) is 0 Å². The number of ether oxygens (including phenoxy) is 1. The highest BCUT2D eigenvalue weighted by Gasteiger charge is 2.08. The number of H-pyrrole nitrogens is 1. The molecule has 1 unspecified atom stereocenters. The SMILES string of the molecule is COc1ccc2c(-c3cccc(CNS(=O)O)c3)c[nH]c2c1. The number of hydrogen-bond donors (Lipinski definition) is 3. The summed E-state index contributed by atoms with van der Waals surface area (Å²) >= 11 is -2.01. The van der Waals surface area contributed by atoms with Crippen LogP contribution in [-0.2, 0) is 17.8 Å². The molecule has 1 heterocycles. The maximum absolute atomic E-state index is 10.7. The summed E-state index contributed by atoms with van der Waals surface area (Å²) in [4.78, 5) is 3.25. The van der Waals surface area contributed by atoms with Crippen LogP contribution in [0.3, 0.4) is 0 Å². The smallest absolute Gasteiger partial charge is 0.232 e. The van der Waals surface area contributed by atoms with Gasteiger partial charge in [-0.15, -0.1) is 0 Å². The molecule has 0 aliphatic heterocycles. The van der Waals surface area contributed by atoms with Crippen molar-refractivity contribution < 1.29 is 13.5 Å². The Balaban J connectivity index is 1.97. The first-order valence-corrected chi connectivity index (χ1v) is 7.87. The fraction of sp³-hybridized carbons (Fsp3) is 0.125. The van der Waals surface area contributed by atoms with Crippen LogP contribution in [0.15, 0.2) is 48.7 Å². The highest BCUT2D eigenvalue weighted by atomic mass is 32.2. The molecule has 0 aliphatic carbocycles. The lowest BCUT2D eigenvalue weighted by Crippen LogP contribution is -2.15. The lowest BCUT2D eigenvalue weighted by molar-refractivity contribution is 0.415. The van der Waals surface area contributed by atoms with Crippen molar-refractivity contribution in [3.05, 3.63) is 54.2 Å². The largest absolute Gasteiger partial charge is 0.497 e. The molecule has 0 saturated carbocycles. The van der Waals surface area contributed by atoms with Gasteiger partial charge in [-0.3, -0.25) is 4.55 Å². The number of rotatable bonds is 5. The Kier molecular flexibility index (Phi) is 4.24. The molecule has 0 aliphatic rings. The maximum Gasteiger partial charge on any atom is 0.232 e. The molecule has 0 radical (unpaired) electrons. The third kappa shape index (κ3) is 3.04. The van der Waals surface area contributed by atoms with Gasteiger partial charge in [-0.25, -0.2) is 8.93 Å². The van der Waals surface area contributed by atoms with Crippen LogP contribution in [0.25, 0.3) is 22.0 Å². The van der Waals surface area contributed by atoms with E-state index in [0.717, 1.165) is 33.3 Å². The Morgan fingerprint density at radius 2 is 2.14 bits per heavy atom. The predicted molar refractivity (Wildman–Crippen MR) is 87.9 cm³/mol. The Morgan fingerprint density at radius 3 is 2.91 bits per heavy atom. The summed E-state index contributed by atoms with van der Waals surface area (Å²) in [5, 5.41) is 1.11. The quantitative estimate of drug-likeness (QED) is 0.633. The molecule has 0 saturated heterocycles. The van der Waals surface area contributed by atoms with Gasteiger partial charge in [-0.05, 0) is 29.3 Å². The van der Waals surface area contributed by atoms with Crippen molar-refractivity contribution in [3.63, 3.8) is 0 Å². The van der Waals surface area contributed by atoms with Gasteiger partial charge in [0.2, 0.25) is 11.3 Å². The second-order valence-corrected chi connectivity index (χ2v) is 5.67. The summed E-state index contributed by atoms with van der Waals surface area (Å²) in [6.07, 6.45) is 1.96. The van der Waals surface area contributed by atoms with Gasteiger partial charge in [0.1, 0.15) is 5.75 Å². The van der Waals surface area contributed by atoms with Crippen LogP contribution >= 0.6 is 0 Å². The van der Waals surface area contributed by atoms with Gasteiger partial charge >= 0.3 is 0 Å². The summed E-state index contributed by atoms with van der Waals surface area (Å²) in [7, 11) is 1.65. The predicted octanol–water partition coefficient (Wildman–Crippen LogP) is 3.07. The van der Waals surface area contributed by atoms with Crippen LogP contribution in [0.1, 0.15) is 5.56 Å². The molecule has 0 bridgehead atoms. The van der Waals surface area contributed by atoms with Crippen molar-refractivity contribution in [2.45, 2.75) is 6.54 Å². The topological polar surface area (TPSA) is 74.3 Å². The molecule has 1 aromatic heterocycles. The van der Waals surface area contributed by atoms with Crippen molar-refractivity contribution in [1.82, 2.24) is 9.71 Å². The van der Waals surface area contributed by atoms with Gasteiger partial charge in [0.25, 0.3) is 0 Å². The highest BCUT2D eigenvalue weighted by molar-refractivity contribution is 7.77. The molecule has 3 N–H and O–H groups in total. The van der Waals surface area contributed by atoms with E-state index in [-0.39, 0.29) is 0 Å². The van der Waals surface area contributed by atoms with E-state index in [0.29, 0.717) is 6.54 Å². The average molecular weight is 316 g/mol. The van der Waals surface area contributed by atoms with Gasteiger partial charge < -0.3 is 9.72 Å². The van der Waals surface area contributed by atoms with Crippen molar-refractivity contribution in [2.24, 2.45) is 0 Å². The first-order chi connectivity index (χ1) is 10.7. The van der Waals surface area contributed by atoms with Gasteiger partial charge in [-0.2, -0.15) is 0 Å². The lowest BCUT2D eigenvalue weighted by Gasteiger charge is -2.05. The monoisotopic (exact) mass is 316 g/mol. The molecule has 2 aromatic carbocycles. The summed E-state index contributed by atoms with van der Waals surface area (Å²) in [6.45, 7) is 0.340. The van der Waals surface area contributed by atoms with E-state index in [9.17, 15) is 4.21 Å². The Hall–Kier alpha value is -2.15. The first kappa shape index (κ1) is 14.8. The van der Waals surface area contributed by atoms with Gasteiger partial charge in [0.15, 0.2) is 0 Å². The standard InChI is InChI=1S/C16H16N2O3S/c1-21-13-5-6-14-15(10-17-16(14)8-13)12-4-2-3-11(7-12)9-18-22(19)20/h2-8,10,17-18H,9H2,1H3,(H,19,20). The van der Waals surface area contributed by atoms with E-state index in [1.807, 2.05) is 48.7 Å². The molecule has 22 heavy (non-hydrogen) atoms. The number of methoxy groups -OCH3 is 1. The molecule has 3 rings (SSSR count). The minimum Gasteiger partial charge on any atom is -0.497 e.